The summed E-state index contributed by atoms with van der Waals surface area (Å²) in [5, 5.41) is 9.53. The largest absolute Gasteiger partial charge is 0.493 e. The number of rotatable bonds is 9. The number of likely N-dealkylation sites (N-methyl/N-ethyl adjacent to an activating group) is 1. The number of fused-ring (bicyclic) bond motifs is 5. The number of nitrogens with zero attached hydrogens (tertiary/aromatic N) is 2. The topological polar surface area (TPSA) is 68.3 Å². The van der Waals surface area contributed by atoms with Crippen molar-refractivity contribution in [2.75, 3.05) is 41.5 Å². The maximum absolute atomic E-state index is 6.01. The van der Waals surface area contributed by atoms with E-state index in [0.717, 1.165) is 51.1 Å². The number of H-pyrrole nitrogens is 1. The van der Waals surface area contributed by atoms with Crippen LogP contribution in [0.3, 0.4) is 0 Å². The molecule has 0 saturated heterocycles. The van der Waals surface area contributed by atoms with Crippen molar-refractivity contribution >= 4 is 28.0 Å². The number of aromatic amines is 1. The minimum Gasteiger partial charge on any atom is -0.493 e. The van der Waals surface area contributed by atoms with Crippen molar-refractivity contribution < 1.29 is 19.0 Å². The summed E-state index contributed by atoms with van der Waals surface area (Å²) in [6, 6.07) is 11.8. The highest BCUT2D eigenvalue weighted by molar-refractivity contribution is 7.08. The first kappa shape index (κ1) is 23.8. The van der Waals surface area contributed by atoms with Gasteiger partial charge in [-0.2, -0.15) is 11.3 Å². The van der Waals surface area contributed by atoms with Crippen molar-refractivity contribution in [3.63, 3.8) is 0 Å². The van der Waals surface area contributed by atoms with Crippen LogP contribution in [0.1, 0.15) is 22.8 Å². The fourth-order valence-electron chi connectivity index (χ4n) is 4.28. The van der Waals surface area contributed by atoms with Gasteiger partial charge in [0.1, 0.15) is 18.1 Å². The van der Waals surface area contributed by atoms with Gasteiger partial charge in [-0.05, 0) is 61.3 Å². The van der Waals surface area contributed by atoms with Crippen LogP contribution in [-0.4, -0.2) is 57.1 Å². The summed E-state index contributed by atoms with van der Waals surface area (Å²) >= 11 is 1.56. The lowest BCUT2D eigenvalue weighted by Gasteiger charge is -2.12. The first-order chi connectivity index (χ1) is 17.5. The van der Waals surface area contributed by atoms with Gasteiger partial charge < -0.3 is 28.9 Å². The van der Waals surface area contributed by atoms with Gasteiger partial charge >= 0.3 is 0 Å². The van der Waals surface area contributed by atoms with Gasteiger partial charge in [0, 0.05) is 39.7 Å². The summed E-state index contributed by atoms with van der Waals surface area (Å²) in [5.74, 6) is 4.72. The second kappa shape index (κ2) is 9.97. The molecule has 5 rings (SSSR count). The van der Waals surface area contributed by atoms with Crippen molar-refractivity contribution in [3.8, 4) is 40.8 Å². The van der Waals surface area contributed by atoms with Crippen LogP contribution in [0.25, 0.3) is 22.2 Å². The Morgan fingerprint density at radius 2 is 1.86 bits per heavy atom. The number of benzene rings is 2. The van der Waals surface area contributed by atoms with E-state index in [1.54, 1.807) is 25.6 Å². The van der Waals surface area contributed by atoms with Gasteiger partial charge in [0.05, 0.1) is 19.9 Å². The lowest BCUT2D eigenvalue weighted by Crippen LogP contribution is -2.19. The van der Waals surface area contributed by atoms with Crippen molar-refractivity contribution in [2.45, 2.75) is 6.10 Å². The van der Waals surface area contributed by atoms with Gasteiger partial charge in [0.15, 0.2) is 11.5 Å². The fraction of sp³-hybridized carbons (Fsp3) is 0.250. The van der Waals surface area contributed by atoms with Crippen LogP contribution in [0.2, 0.25) is 0 Å². The van der Waals surface area contributed by atoms with E-state index in [4.69, 9.17) is 25.5 Å². The molecule has 0 radical (unpaired) electrons. The second-order valence-corrected chi connectivity index (χ2v) is 9.42. The first-order valence-electron chi connectivity index (χ1n) is 11.5. The van der Waals surface area contributed by atoms with Crippen LogP contribution in [0.5, 0.6) is 17.2 Å². The Bertz CT molecular complexity index is 1460. The molecule has 1 atom stereocenters. The number of aromatic nitrogens is 1. The molecule has 0 spiro atoms. The summed E-state index contributed by atoms with van der Waals surface area (Å²) in [5.41, 5.74) is 6.22. The Labute approximate surface area is 214 Å². The maximum Gasteiger partial charge on any atom is 0.213 e. The van der Waals surface area contributed by atoms with E-state index in [1.165, 1.54) is 0 Å². The average Bonchev–Trinajstić information content (AvgIpc) is 3.60. The number of nitrogens with one attached hydrogen (secondary N) is 1. The molecule has 184 valence electrons. The fourth-order valence-corrected chi connectivity index (χ4v) is 4.96. The molecule has 1 unspecified atom stereocenters. The SMILES string of the molecule is C#CC(ON=C1c2cc(OC)c(OC)cc2-c2[nH]c3ccc(OCCN(C)C)cc3c21)c1ccsc1. The summed E-state index contributed by atoms with van der Waals surface area (Å²) in [4.78, 5) is 11.6. The molecular weight excluding hydrogens is 474 g/mol. The average molecular weight is 502 g/mol. The van der Waals surface area contributed by atoms with Crippen molar-refractivity contribution in [1.29, 1.82) is 0 Å². The number of hydrogen-bond acceptors (Lipinski definition) is 7. The Morgan fingerprint density at radius 3 is 2.53 bits per heavy atom. The van der Waals surface area contributed by atoms with E-state index < -0.39 is 6.10 Å². The van der Waals surface area contributed by atoms with E-state index in [-0.39, 0.29) is 0 Å². The second-order valence-electron chi connectivity index (χ2n) is 8.64. The van der Waals surface area contributed by atoms with Gasteiger partial charge in [-0.15, -0.1) is 6.42 Å². The third-order valence-electron chi connectivity index (χ3n) is 6.11. The van der Waals surface area contributed by atoms with Crippen LogP contribution >= 0.6 is 11.3 Å². The lowest BCUT2D eigenvalue weighted by atomic mass is 10.1. The molecule has 0 saturated carbocycles. The third kappa shape index (κ3) is 4.28. The minimum atomic E-state index is -0.591. The predicted octanol–water partition coefficient (Wildman–Crippen LogP) is 5.31. The number of terminal acetylenes is 1. The number of methoxy groups -OCH3 is 2. The zero-order valence-corrected chi connectivity index (χ0v) is 21.4. The summed E-state index contributed by atoms with van der Waals surface area (Å²) in [6.45, 7) is 1.42. The van der Waals surface area contributed by atoms with Crippen molar-refractivity contribution in [3.05, 3.63) is 63.8 Å². The molecule has 8 heteroatoms. The molecule has 4 aromatic rings. The smallest absolute Gasteiger partial charge is 0.213 e. The molecule has 2 aromatic carbocycles. The molecule has 36 heavy (non-hydrogen) atoms. The highest BCUT2D eigenvalue weighted by atomic mass is 32.1. The van der Waals surface area contributed by atoms with Gasteiger partial charge in [-0.3, -0.25) is 0 Å². The number of ether oxygens (including phenoxy) is 3. The van der Waals surface area contributed by atoms with E-state index in [1.807, 2.05) is 61.3 Å². The summed E-state index contributed by atoms with van der Waals surface area (Å²) in [6.07, 6.45) is 5.19. The van der Waals surface area contributed by atoms with E-state index in [2.05, 4.69) is 21.0 Å². The Balaban J connectivity index is 1.62. The standard InChI is InChI=1S/C28H27N3O4S/c1-6-23(17-9-12-36-16-17)35-30-28-20-15-25(33-5)24(32-4)14-19(20)27-26(28)21-13-18(7-8-22(21)29-27)34-11-10-31(2)3/h1,7-9,12-16,23,29H,10-11H2,2-5H3. The van der Waals surface area contributed by atoms with Crippen molar-refractivity contribution in [1.82, 2.24) is 9.88 Å². The zero-order chi connectivity index (χ0) is 25.2. The normalized spacial score (nSPS) is 13.9. The molecule has 2 heterocycles. The van der Waals surface area contributed by atoms with Crippen LogP contribution in [-0.2, 0) is 4.84 Å². The predicted molar refractivity (Wildman–Crippen MR) is 144 cm³/mol. The molecule has 1 N–H and O–H groups in total. The molecular formula is C28H27N3O4S. The van der Waals surface area contributed by atoms with Gasteiger partial charge in [0.2, 0.25) is 6.10 Å². The number of thiophene rings is 1. The van der Waals surface area contributed by atoms with Crippen LogP contribution in [0.4, 0.5) is 0 Å². The quantitative estimate of drug-likeness (QED) is 0.219. The van der Waals surface area contributed by atoms with Crippen LogP contribution in [0, 0.1) is 12.3 Å². The van der Waals surface area contributed by atoms with Gasteiger partial charge in [-0.25, -0.2) is 0 Å². The zero-order valence-electron chi connectivity index (χ0n) is 20.6. The molecule has 0 aliphatic heterocycles. The Morgan fingerprint density at radius 1 is 1.08 bits per heavy atom. The van der Waals surface area contributed by atoms with E-state index in [0.29, 0.717) is 23.8 Å². The highest BCUT2D eigenvalue weighted by Gasteiger charge is 2.32. The van der Waals surface area contributed by atoms with Crippen molar-refractivity contribution in [2.24, 2.45) is 5.16 Å². The van der Waals surface area contributed by atoms with Crippen LogP contribution in [0.15, 0.2) is 52.3 Å². The monoisotopic (exact) mass is 501 g/mol. The van der Waals surface area contributed by atoms with Gasteiger partial charge in [-0.1, -0.05) is 11.1 Å². The minimum absolute atomic E-state index is 0.591. The Hall–Kier alpha value is -3.93. The molecule has 0 fully saturated rings. The Kier molecular flexibility index (Phi) is 6.59. The molecule has 0 amide bonds. The van der Waals surface area contributed by atoms with E-state index in [9.17, 15) is 0 Å². The maximum atomic E-state index is 6.01. The molecule has 1 aliphatic carbocycles. The summed E-state index contributed by atoms with van der Waals surface area (Å²) < 4.78 is 17.2. The molecule has 2 aromatic heterocycles. The lowest BCUT2D eigenvalue weighted by molar-refractivity contribution is 0.100. The number of hydrogen-bond donors (Lipinski definition) is 1. The first-order valence-corrected chi connectivity index (χ1v) is 12.4. The van der Waals surface area contributed by atoms with Crippen LogP contribution < -0.4 is 14.2 Å². The molecule has 0 bridgehead atoms. The molecule has 7 nitrogen and oxygen atoms in total. The third-order valence-corrected chi connectivity index (χ3v) is 6.81. The summed E-state index contributed by atoms with van der Waals surface area (Å²) in [7, 11) is 7.28. The molecule has 1 aliphatic rings. The highest BCUT2D eigenvalue weighted by Crippen LogP contribution is 2.46. The van der Waals surface area contributed by atoms with Gasteiger partial charge in [0.25, 0.3) is 0 Å². The van der Waals surface area contributed by atoms with E-state index >= 15 is 0 Å². The number of oxime groups is 1.